The van der Waals surface area contributed by atoms with Crippen LogP contribution in [0.4, 0.5) is 0 Å². The Morgan fingerprint density at radius 3 is 2.00 bits per heavy atom. The van der Waals surface area contributed by atoms with Crippen molar-refractivity contribution in [3.8, 4) is 0 Å². The Morgan fingerprint density at radius 1 is 0.889 bits per heavy atom. The van der Waals surface area contributed by atoms with Gasteiger partial charge in [-0.3, -0.25) is 0 Å². The molecule has 0 unspecified atom stereocenters. The van der Waals surface area contributed by atoms with E-state index in [2.05, 4.69) is 5.32 Å². The summed E-state index contributed by atoms with van der Waals surface area (Å²) in [6.07, 6.45) is 12.1. The minimum atomic E-state index is 0.555. The highest BCUT2D eigenvalue weighted by molar-refractivity contribution is 5.01. The maximum atomic E-state index is 6.33. The van der Waals surface area contributed by atoms with Gasteiger partial charge in [0.15, 0.2) is 0 Å². The van der Waals surface area contributed by atoms with E-state index in [1.54, 1.807) is 19.3 Å². The zero-order valence-corrected chi connectivity index (χ0v) is 11.5. The van der Waals surface area contributed by atoms with Crippen LogP contribution in [-0.2, 0) is 4.74 Å². The van der Waals surface area contributed by atoms with Gasteiger partial charge in [-0.2, -0.15) is 0 Å². The summed E-state index contributed by atoms with van der Waals surface area (Å²) in [5.74, 6) is 3.19. The van der Waals surface area contributed by atoms with Gasteiger partial charge < -0.3 is 10.1 Å². The van der Waals surface area contributed by atoms with E-state index in [0.29, 0.717) is 11.5 Å². The zero-order valence-electron chi connectivity index (χ0n) is 11.5. The van der Waals surface area contributed by atoms with Crippen molar-refractivity contribution in [1.29, 1.82) is 0 Å². The second-order valence-corrected chi connectivity index (χ2v) is 7.68. The van der Waals surface area contributed by atoms with Crippen molar-refractivity contribution < 1.29 is 4.74 Å². The third kappa shape index (κ3) is 2.12. The van der Waals surface area contributed by atoms with E-state index in [4.69, 9.17) is 4.74 Å². The van der Waals surface area contributed by atoms with E-state index in [1.807, 2.05) is 0 Å². The summed E-state index contributed by atoms with van der Waals surface area (Å²) < 4.78 is 6.33. The summed E-state index contributed by atoms with van der Waals surface area (Å²) in [6.45, 7) is 3.40. The molecule has 4 aliphatic carbocycles. The summed E-state index contributed by atoms with van der Waals surface area (Å²) >= 11 is 0. The van der Waals surface area contributed by atoms with E-state index >= 15 is 0 Å². The number of ether oxygens (including phenoxy) is 1. The van der Waals surface area contributed by atoms with Crippen molar-refractivity contribution in [3.05, 3.63) is 0 Å². The Morgan fingerprint density at radius 2 is 1.44 bits per heavy atom. The summed E-state index contributed by atoms with van der Waals surface area (Å²) in [5.41, 5.74) is 0.611. The Labute approximate surface area is 111 Å². The molecule has 2 nitrogen and oxygen atoms in total. The highest BCUT2D eigenvalue weighted by atomic mass is 16.5. The molecule has 0 aromatic heterocycles. The van der Waals surface area contributed by atoms with Gasteiger partial charge in [0.1, 0.15) is 0 Å². The highest BCUT2D eigenvalue weighted by Gasteiger charge is 2.51. The van der Waals surface area contributed by atoms with Crippen LogP contribution in [0.1, 0.15) is 51.4 Å². The molecule has 5 aliphatic rings. The molecule has 4 bridgehead atoms. The first-order chi connectivity index (χ1) is 8.81. The minimum absolute atomic E-state index is 0.555. The molecule has 1 saturated heterocycles. The van der Waals surface area contributed by atoms with Crippen molar-refractivity contribution in [2.75, 3.05) is 19.7 Å². The molecule has 0 aromatic rings. The first kappa shape index (κ1) is 11.7. The van der Waals surface area contributed by atoms with Crippen molar-refractivity contribution in [2.45, 2.75) is 57.5 Å². The first-order valence-corrected chi connectivity index (χ1v) is 8.14. The average Bonchev–Trinajstić information content (AvgIpc) is 2.36. The number of hydrogen-bond acceptors (Lipinski definition) is 2. The van der Waals surface area contributed by atoms with Crippen LogP contribution in [0.2, 0.25) is 0 Å². The van der Waals surface area contributed by atoms with Gasteiger partial charge in [0, 0.05) is 0 Å². The lowest BCUT2D eigenvalue weighted by Gasteiger charge is -2.57. The molecule has 18 heavy (non-hydrogen) atoms. The predicted molar refractivity (Wildman–Crippen MR) is 72.4 cm³/mol. The number of rotatable bonds is 3. The SMILES string of the molecule is C1CC(OCC23CC4CC(CC(C4)C2)C3)CCN1. The van der Waals surface area contributed by atoms with Crippen molar-refractivity contribution in [3.63, 3.8) is 0 Å². The van der Waals surface area contributed by atoms with Gasteiger partial charge >= 0.3 is 0 Å². The highest BCUT2D eigenvalue weighted by Crippen LogP contribution is 2.60. The van der Waals surface area contributed by atoms with Crippen LogP contribution in [-0.4, -0.2) is 25.8 Å². The van der Waals surface area contributed by atoms with E-state index < -0.39 is 0 Å². The molecular formula is C16H27NO. The Hall–Kier alpha value is -0.0800. The Balaban J connectivity index is 1.38. The fourth-order valence-electron chi connectivity index (χ4n) is 5.72. The molecule has 1 heterocycles. The molecule has 1 N–H and O–H groups in total. The Kier molecular flexibility index (Phi) is 2.92. The third-order valence-electron chi connectivity index (χ3n) is 6.08. The van der Waals surface area contributed by atoms with Gasteiger partial charge in [0.25, 0.3) is 0 Å². The van der Waals surface area contributed by atoms with E-state index in [0.717, 1.165) is 37.5 Å². The van der Waals surface area contributed by atoms with Crippen LogP contribution in [0, 0.1) is 23.2 Å². The van der Waals surface area contributed by atoms with Gasteiger partial charge in [0.2, 0.25) is 0 Å². The molecule has 0 spiro atoms. The predicted octanol–water partition coefficient (Wildman–Crippen LogP) is 2.97. The summed E-state index contributed by atoms with van der Waals surface area (Å²) in [6, 6.07) is 0. The molecule has 2 heteroatoms. The van der Waals surface area contributed by atoms with Gasteiger partial charge in [-0.05, 0) is 87.6 Å². The second-order valence-electron chi connectivity index (χ2n) is 7.68. The lowest BCUT2D eigenvalue weighted by atomic mass is 9.50. The number of hydrogen-bond donors (Lipinski definition) is 1. The molecule has 4 saturated carbocycles. The molecule has 0 atom stereocenters. The molecule has 1 aliphatic heterocycles. The molecule has 0 radical (unpaired) electrons. The lowest BCUT2D eigenvalue weighted by molar-refractivity contribution is -0.115. The quantitative estimate of drug-likeness (QED) is 0.830. The van der Waals surface area contributed by atoms with Crippen LogP contribution < -0.4 is 5.32 Å². The zero-order chi connectivity index (χ0) is 12.0. The largest absolute Gasteiger partial charge is 0.378 e. The van der Waals surface area contributed by atoms with Gasteiger partial charge in [-0.1, -0.05) is 0 Å². The minimum Gasteiger partial charge on any atom is -0.378 e. The molecule has 102 valence electrons. The standard InChI is InChI=1S/C16H27NO/c1-3-17-4-2-15(1)18-11-16-8-12-5-13(9-16)7-14(6-12)10-16/h12-15,17H,1-11H2. The van der Waals surface area contributed by atoms with Crippen molar-refractivity contribution in [1.82, 2.24) is 5.32 Å². The fraction of sp³-hybridized carbons (Fsp3) is 1.00. The van der Waals surface area contributed by atoms with Gasteiger partial charge in [-0.25, -0.2) is 0 Å². The smallest absolute Gasteiger partial charge is 0.0599 e. The maximum Gasteiger partial charge on any atom is 0.0599 e. The molecule has 5 rings (SSSR count). The van der Waals surface area contributed by atoms with Crippen LogP contribution >= 0.6 is 0 Å². The summed E-state index contributed by atoms with van der Waals surface area (Å²) in [5, 5.41) is 3.43. The van der Waals surface area contributed by atoms with E-state index in [-0.39, 0.29) is 0 Å². The lowest BCUT2D eigenvalue weighted by Crippen LogP contribution is -2.49. The van der Waals surface area contributed by atoms with Gasteiger partial charge in [-0.15, -0.1) is 0 Å². The molecule has 0 aromatic carbocycles. The topological polar surface area (TPSA) is 21.3 Å². The number of piperidine rings is 1. The maximum absolute atomic E-state index is 6.33. The summed E-state index contributed by atoms with van der Waals surface area (Å²) in [4.78, 5) is 0. The van der Waals surface area contributed by atoms with Crippen LogP contribution in [0.15, 0.2) is 0 Å². The Bertz CT molecular complexity index is 273. The molecular weight excluding hydrogens is 222 g/mol. The van der Waals surface area contributed by atoms with Crippen LogP contribution in [0.5, 0.6) is 0 Å². The average molecular weight is 249 g/mol. The normalized spacial score (nSPS) is 47.7. The van der Waals surface area contributed by atoms with Crippen molar-refractivity contribution >= 4 is 0 Å². The monoisotopic (exact) mass is 249 g/mol. The van der Waals surface area contributed by atoms with Crippen LogP contribution in [0.25, 0.3) is 0 Å². The van der Waals surface area contributed by atoms with Crippen molar-refractivity contribution in [2.24, 2.45) is 23.2 Å². The molecule has 5 fully saturated rings. The first-order valence-electron chi connectivity index (χ1n) is 8.14. The summed E-state index contributed by atoms with van der Waals surface area (Å²) in [7, 11) is 0. The molecule has 0 amide bonds. The number of nitrogens with one attached hydrogen (secondary N) is 1. The fourth-order valence-corrected chi connectivity index (χ4v) is 5.72. The third-order valence-corrected chi connectivity index (χ3v) is 6.08. The second kappa shape index (κ2) is 4.49. The van der Waals surface area contributed by atoms with E-state index in [9.17, 15) is 0 Å². The van der Waals surface area contributed by atoms with Gasteiger partial charge in [0.05, 0.1) is 12.7 Å². The van der Waals surface area contributed by atoms with E-state index in [1.165, 1.54) is 32.1 Å². The van der Waals surface area contributed by atoms with Crippen LogP contribution in [0.3, 0.4) is 0 Å².